The van der Waals surface area contributed by atoms with Gasteiger partial charge in [-0.25, -0.2) is 4.39 Å². The highest BCUT2D eigenvalue weighted by Gasteiger charge is 2.28. The van der Waals surface area contributed by atoms with Gasteiger partial charge in [0.05, 0.1) is 17.5 Å². The van der Waals surface area contributed by atoms with Crippen LogP contribution in [0.3, 0.4) is 0 Å². The number of aliphatic carboxylic acids is 1. The Morgan fingerprint density at radius 2 is 1.83 bits per heavy atom. The molecule has 6 nitrogen and oxygen atoms in total. The number of carbonyl (C=O) groups is 2. The van der Waals surface area contributed by atoms with Crippen LogP contribution >= 0.6 is 7.37 Å². The smallest absolute Gasteiger partial charge is 0.310 e. The summed E-state index contributed by atoms with van der Waals surface area (Å²) in [5.41, 5.74) is 6.78. The third kappa shape index (κ3) is 5.31. The topological polar surface area (TPSA) is 105 Å². The molecule has 1 unspecified atom stereocenters. The Balaban J connectivity index is 1.89. The molecule has 1 heterocycles. The summed E-state index contributed by atoms with van der Waals surface area (Å²) in [5, 5.41) is 8.79. The molecular weight excluding hydrogens is 468 g/mol. The fourth-order valence-corrected chi connectivity index (χ4v) is 5.53. The second-order valence-electron chi connectivity index (χ2n) is 8.95. The standard InChI is InChI=1S/C27H25FNO5P/c1-16(2)26-22(11-12-35(33,34)15-20(30)14-24(31)32)25(17-7-9-19(28)10-8-17)23-13-18-5-3-4-6-21(18)27(23)29-26/h3-12,16H,13-15H2,1-2H3,(H,31,32)(H,33,34). The molecule has 4 rings (SSSR count). The minimum absolute atomic E-state index is 0.0429. The van der Waals surface area contributed by atoms with Gasteiger partial charge in [0, 0.05) is 23.4 Å². The summed E-state index contributed by atoms with van der Waals surface area (Å²) in [4.78, 5) is 38.0. The minimum Gasteiger partial charge on any atom is -0.481 e. The van der Waals surface area contributed by atoms with Crippen molar-refractivity contribution in [3.05, 3.63) is 82.5 Å². The van der Waals surface area contributed by atoms with Crippen molar-refractivity contribution in [2.45, 2.75) is 32.6 Å². The lowest BCUT2D eigenvalue weighted by molar-refractivity contribution is -0.139. The third-order valence-electron chi connectivity index (χ3n) is 5.91. The van der Waals surface area contributed by atoms with Crippen molar-refractivity contribution >= 4 is 25.2 Å². The fraction of sp³-hybridized carbons (Fsp3) is 0.222. The fourth-order valence-electron chi connectivity index (χ4n) is 4.42. The maximum absolute atomic E-state index is 13.7. The van der Waals surface area contributed by atoms with Crippen LogP contribution in [0.25, 0.3) is 28.5 Å². The number of benzene rings is 2. The first-order valence-corrected chi connectivity index (χ1v) is 13.1. The average Bonchev–Trinajstić information content (AvgIpc) is 3.14. The SMILES string of the molecule is CC(C)c1nc2c(c(-c3ccc(F)cc3)c1C=CP(=O)(O)CC(=O)CC(=O)O)Cc1ccccc1-2. The Morgan fingerprint density at radius 3 is 2.49 bits per heavy atom. The van der Waals surface area contributed by atoms with Crippen molar-refractivity contribution in [3.8, 4) is 22.4 Å². The molecule has 0 radical (unpaired) electrons. The number of aromatic nitrogens is 1. The first-order chi connectivity index (χ1) is 16.6. The number of fused-ring (bicyclic) bond motifs is 3. The maximum atomic E-state index is 13.7. The first kappa shape index (κ1) is 24.7. The van der Waals surface area contributed by atoms with Crippen LogP contribution in [0.1, 0.15) is 48.6 Å². The van der Waals surface area contributed by atoms with Crippen LogP contribution in [0, 0.1) is 5.82 Å². The van der Waals surface area contributed by atoms with E-state index >= 15 is 0 Å². The van der Waals surface area contributed by atoms with Crippen molar-refractivity contribution in [1.82, 2.24) is 4.98 Å². The summed E-state index contributed by atoms with van der Waals surface area (Å²) in [7, 11) is -4.10. The van der Waals surface area contributed by atoms with Gasteiger partial charge < -0.3 is 10.00 Å². The van der Waals surface area contributed by atoms with Crippen LogP contribution in [0.4, 0.5) is 4.39 Å². The van der Waals surface area contributed by atoms with Gasteiger partial charge >= 0.3 is 5.97 Å². The number of ketones is 1. The zero-order valence-corrected chi connectivity index (χ0v) is 20.3. The van der Waals surface area contributed by atoms with Crippen molar-refractivity contribution in [1.29, 1.82) is 0 Å². The van der Waals surface area contributed by atoms with E-state index in [0.717, 1.165) is 39.3 Å². The zero-order chi connectivity index (χ0) is 25.3. The summed E-state index contributed by atoms with van der Waals surface area (Å²) in [6.45, 7) is 3.94. The molecule has 0 spiro atoms. The Hall–Kier alpha value is -3.41. The summed E-state index contributed by atoms with van der Waals surface area (Å²) in [6.07, 6.45) is 0.537. The first-order valence-electron chi connectivity index (χ1n) is 11.2. The Bertz CT molecular complexity index is 1400. The van der Waals surface area contributed by atoms with Crippen LogP contribution in [0.5, 0.6) is 0 Å². The highest BCUT2D eigenvalue weighted by Crippen LogP contribution is 2.47. The van der Waals surface area contributed by atoms with E-state index in [1.165, 1.54) is 18.2 Å². The number of carbonyl (C=O) groups excluding carboxylic acids is 1. The maximum Gasteiger partial charge on any atom is 0.310 e. The third-order valence-corrected chi connectivity index (χ3v) is 7.33. The quantitative estimate of drug-likeness (QED) is 0.235. The number of hydrogen-bond donors (Lipinski definition) is 2. The van der Waals surface area contributed by atoms with Crippen LogP contribution in [-0.4, -0.2) is 32.9 Å². The van der Waals surface area contributed by atoms with Gasteiger partial charge in [-0.3, -0.25) is 19.1 Å². The van der Waals surface area contributed by atoms with Crippen molar-refractivity contribution in [2.24, 2.45) is 0 Å². The molecule has 35 heavy (non-hydrogen) atoms. The molecule has 180 valence electrons. The molecule has 0 amide bonds. The zero-order valence-electron chi connectivity index (χ0n) is 19.4. The van der Waals surface area contributed by atoms with E-state index in [0.29, 0.717) is 17.7 Å². The van der Waals surface area contributed by atoms with Gasteiger partial charge in [0.25, 0.3) is 0 Å². The highest BCUT2D eigenvalue weighted by molar-refractivity contribution is 7.62. The molecule has 1 aliphatic rings. The molecule has 0 bridgehead atoms. The lowest BCUT2D eigenvalue weighted by atomic mass is 9.89. The van der Waals surface area contributed by atoms with Gasteiger partial charge in [-0.05, 0) is 46.4 Å². The average molecular weight is 493 g/mol. The van der Waals surface area contributed by atoms with Gasteiger partial charge in [0.15, 0.2) is 5.78 Å². The summed E-state index contributed by atoms with van der Waals surface area (Å²) < 4.78 is 26.5. The monoisotopic (exact) mass is 493 g/mol. The molecule has 0 fully saturated rings. The normalized spacial score (nSPS) is 14.1. The predicted molar refractivity (Wildman–Crippen MR) is 133 cm³/mol. The number of carboxylic acid groups (broad SMARTS) is 1. The number of pyridine rings is 1. The highest BCUT2D eigenvalue weighted by atomic mass is 31.2. The molecule has 1 aliphatic carbocycles. The van der Waals surface area contributed by atoms with Gasteiger partial charge in [-0.2, -0.15) is 0 Å². The van der Waals surface area contributed by atoms with E-state index < -0.39 is 31.7 Å². The van der Waals surface area contributed by atoms with Gasteiger partial charge in [0.2, 0.25) is 7.37 Å². The molecule has 0 aliphatic heterocycles. The lowest BCUT2D eigenvalue weighted by Crippen LogP contribution is -2.10. The number of Topliss-reactive ketones (excluding diaryl/α,β-unsaturated/α-hetero) is 1. The van der Waals surface area contributed by atoms with Crippen molar-refractivity contribution < 1.29 is 28.5 Å². The molecule has 8 heteroatoms. The molecule has 2 N–H and O–H groups in total. The number of hydrogen-bond acceptors (Lipinski definition) is 4. The van der Waals surface area contributed by atoms with E-state index in [1.807, 2.05) is 38.1 Å². The molecular formula is C27H25FNO5P. The Kier molecular flexibility index (Phi) is 6.84. The largest absolute Gasteiger partial charge is 0.481 e. The van der Waals surface area contributed by atoms with E-state index in [1.54, 1.807) is 12.1 Å². The Morgan fingerprint density at radius 1 is 1.14 bits per heavy atom. The van der Waals surface area contributed by atoms with Crippen LogP contribution in [0.15, 0.2) is 54.3 Å². The van der Waals surface area contributed by atoms with E-state index in [2.05, 4.69) is 0 Å². The summed E-state index contributed by atoms with van der Waals surface area (Å²) >= 11 is 0. The number of halogens is 1. The van der Waals surface area contributed by atoms with Crippen LogP contribution in [0.2, 0.25) is 0 Å². The van der Waals surface area contributed by atoms with E-state index in [9.17, 15) is 23.4 Å². The molecule has 3 aromatic rings. The number of rotatable bonds is 8. The van der Waals surface area contributed by atoms with E-state index in [-0.39, 0.29) is 11.7 Å². The van der Waals surface area contributed by atoms with Crippen molar-refractivity contribution in [2.75, 3.05) is 6.16 Å². The van der Waals surface area contributed by atoms with Gasteiger partial charge in [0.1, 0.15) is 12.2 Å². The predicted octanol–water partition coefficient (Wildman–Crippen LogP) is 5.87. The minimum atomic E-state index is -4.10. The van der Waals surface area contributed by atoms with Crippen molar-refractivity contribution in [3.63, 3.8) is 0 Å². The Labute approximate surface area is 202 Å². The second kappa shape index (κ2) is 9.68. The molecule has 0 saturated carbocycles. The molecule has 0 saturated heterocycles. The van der Waals surface area contributed by atoms with Gasteiger partial charge in [-0.15, -0.1) is 0 Å². The number of carboxylic acids is 1. The van der Waals surface area contributed by atoms with E-state index in [4.69, 9.17) is 10.1 Å². The summed E-state index contributed by atoms with van der Waals surface area (Å²) in [5.74, 6) is -1.50. The number of nitrogens with zero attached hydrogens (tertiary/aromatic N) is 1. The van der Waals surface area contributed by atoms with Crippen LogP contribution < -0.4 is 0 Å². The van der Waals surface area contributed by atoms with Gasteiger partial charge in [-0.1, -0.05) is 50.2 Å². The lowest BCUT2D eigenvalue weighted by Gasteiger charge is -2.19. The second-order valence-corrected chi connectivity index (χ2v) is 11.1. The molecule has 1 aromatic heterocycles. The molecule has 1 atom stereocenters. The molecule has 2 aromatic carbocycles. The van der Waals surface area contributed by atoms with Crippen LogP contribution in [-0.2, 0) is 20.6 Å². The summed E-state index contributed by atoms with van der Waals surface area (Å²) in [6, 6.07) is 14.0.